The lowest BCUT2D eigenvalue weighted by Crippen LogP contribution is -2.47. The van der Waals surface area contributed by atoms with E-state index >= 15 is 0 Å². The average molecular weight is 359 g/mol. The summed E-state index contributed by atoms with van der Waals surface area (Å²) in [7, 11) is 0. The highest BCUT2D eigenvalue weighted by Gasteiger charge is 2.43. The third kappa shape index (κ3) is 5.61. The van der Waals surface area contributed by atoms with Crippen LogP contribution >= 0.6 is 0 Å². The van der Waals surface area contributed by atoms with E-state index in [-0.39, 0.29) is 18.6 Å². The van der Waals surface area contributed by atoms with Crippen LogP contribution in [-0.4, -0.2) is 34.6 Å². The predicted molar refractivity (Wildman–Crippen MR) is 101 cm³/mol. The molecular formula is C21H29NO4. The lowest BCUT2D eigenvalue weighted by atomic mass is 10.1. The molecule has 1 aromatic carbocycles. The Balaban J connectivity index is 2.06. The maximum Gasteiger partial charge on any atom is 0.411 e. The van der Waals surface area contributed by atoms with Crippen LogP contribution < -0.4 is 0 Å². The van der Waals surface area contributed by atoms with Gasteiger partial charge in [0.05, 0.1) is 0 Å². The van der Waals surface area contributed by atoms with Gasteiger partial charge in [-0.15, -0.1) is 6.58 Å². The van der Waals surface area contributed by atoms with Gasteiger partial charge in [0.2, 0.25) is 0 Å². The molecule has 5 heteroatoms. The molecule has 0 aliphatic carbocycles. The minimum absolute atomic E-state index is 0.0304. The number of rotatable bonds is 6. The van der Waals surface area contributed by atoms with E-state index in [2.05, 4.69) is 6.58 Å². The van der Waals surface area contributed by atoms with Gasteiger partial charge >= 0.3 is 12.1 Å². The molecule has 2 rings (SSSR count). The van der Waals surface area contributed by atoms with Gasteiger partial charge in [0.1, 0.15) is 18.2 Å². The molecule has 1 amide bonds. The van der Waals surface area contributed by atoms with Crippen molar-refractivity contribution in [3.05, 3.63) is 48.6 Å². The second kappa shape index (κ2) is 8.88. The van der Waals surface area contributed by atoms with E-state index in [1.165, 1.54) is 0 Å². The molecule has 2 atom stereocenters. The summed E-state index contributed by atoms with van der Waals surface area (Å²) in [6.45, 7) is 9.41. The van der Waals surface area contributed by atoms with E-state index in [1.807, 2.05) is 57.2 Å². The molecular weight excluding hydrogens is 330 g/mol. The highest BCUT2D eigenvalue weighted by molar-refractivity contribution is 5.82. The Hall–Kier alpha value is -2.30. The van der Waals surface area contributed by atoms with E-state index < -0.39 is 17.7 Å². The van der Waals surface area contributed by atoms with Crippen molar-refractivity contribution in [1.82, 2.24) is 4.90 Å². The topological polar surface area (TPSA) is 55.8 Å². The van der Waals surface area contributed by atoms with E-state index in [1.54, 1.807) is 4.90 Å². The largest absolute Gasteiger partial charge is 0.459 e. The quantitative estimate of drug-likeness (QED) is 0.556. The fourth-order valence-corrected chi connectivity index (χ4v) is 3.12. The number of ether oxygens (including phenoxy) is 2. The summed E-state index contributed by atoms with van der Waals surface area (Å²) in [4.78, 5) is 26.9. The molecule has 142 valence electrons. The molecule has 26 heavy (non-hydrogen) atoms. The smallest absolute Gasteiger partial charge is 0.411 e. The maximum absolute atomic E-state index is 12.7. The van der Waals surface area contributed by atoms with Crippen LogP contribution in [0.4, 0.5) is 4.79 Å². The fourth-order valence-electron chi connectivity index (χ4n) is 3.12. The molecule has 0 saturated carbocycles. The zero-order valence-electron chi connectivity index (χ0n) is 15.9. The number of hydrogen-bond acceptors (Lipinski definition) is 4. The summed E-state index contributed by atoms with van der Waals surface area (Å²) in [6, 6.07) is 8.90. The predicted octanol–water partition coefficient (Wildman–Crippen LogP) is 4.46. The minimum Gasteiger partial charge on any atom is -0.459 e. The molecule has 0 unspecified atom stereocenters. The molecule has 1 saturated heterocycles. The normalized spacial score (nSPS) is 19.9. The van der Waals surface area contributed by atoms with Crippen LogP contribution in [0.5, 0.6) is 0 Å². The summed E-state index contributed by atoms with van der Waals surface area (Å²) in [6.07, 6.45) is 4.29. The Kier molecular flexibility index (Phi) is 6.83. The third-order valence-electron chi connectivity index (χ3n) is 4.31. The van der Waals surface area contributed by atoms with Crippen molar-refractivity contribution in [3.63, 3.8) is 0 Å². The van der Waals surface area contributed by atoms with Crippen LogP contribution in [0.1, 0.15) is 52.0 Å². The second-order valence-corrected chi connectivity index (χ2v) is 7.59. The van der Waals surface area contributed by atoms with Gasteiger partial charge in [0.25, 0.3) is 0 Å². The van der Waals surface area contributed by atoms with Crippen molar-refractivity contribution < 1.29 is 19.1 Å². The first-order chi connectivity index (χ1) is 12.3. The van der Waals surface area contributed by atoms with Gasteiger partial charge in [-0.25, -0.2) is 9.59 Å². The Labute approximate surface area is 156 Å². The fraction of sp³-hybridized carbons (Fsp3) is 0.524. The first kappa shape index (κ1) is 20.0. The van der Waals surface area contributed by atoms with Gasteiger partial charge < -0.3 is 9.47 Å². The van der Waals surface area contributed by atoms with Gasteiger partial charge in [0, 0.05) is 6.04 Å². The van der Waals surface area contributed by atoms with Crippen LogP contribution in [0.3, 0.4) is 0 Å². The molecule has 1 aromatic rings. The van der Waals surface area contributed by atoms with Crippen LogP contribution in [0.25, 0.3) is 0 Å². The van der Waals surface area contributed by atoms with E-state index in [9.17, 15) is 9.59 Å². The van der Waals surface area contributed by atoms with Crippen molar-refractivity contribution in [2.45, 2.75) is 70.7 Å². The van der Waals surface area contributed by atoms with Crippen LogP contribution in [0.15, 0.2) is 43.0 Å². The Morgan fingerprint density at radius 1 is 1.23 bits per heavy atom. The molecule has 1 heterocycles. The zero-order chi connectivity index (χ0) is 19.2. The number of hydrogen-bond donors (Lipinski definition) is 0. The minimum atomic E-state index is -0.610. The summed E-state index contributed by atoms with van der Waals surface area (Å²) in [5.41, 5.74) is 0.312. The molecule has 0 N–H and O–H groups in total. The van der Waals surface area contributed by atoms with Crippen LogP contribution in [0.2, 0.25) is 0 Å². The van der Waals surface area contributed by atoms with Crippen LogP contribution in [0, 0.1) is 0 Å². The monoisotopic (exact) mass is 359 g/mol. The SMILES string of the molecule is C=CCC[C@H]1CC[C@@H](C(=O)OCc2ccccc2)N1C(=O)OC(C)(C)C. The zero-order valence-corrected chi connectivity index (χ0v) is 15.9. The number of esters is 1. The lowest BCUT2D eigenvalue weighted by molar-refractivity contribution is -0.150. The number of carbonyl (C=O) groups is 2. The number of allylic oxidation sites excluding steroid dienone is 1. The number of carbonyl (C=O) groups excluding carboxylic acids is 2. The molecule has 0 spiro atoms. The van der Waals surface area contributed by atoms with Crippen molar-refractivity contribution in [2.75, 3.05) is 0 Å². The average Bonchev–Trinajstić information content (AvgIpc) is 3.01. The number of likely N-dealkylation sites (tertiary alicyclic amines) is 1. The summed E-state index contributed by atoms with van der Waals surface area (Å²) in [5.74, 6) is -0.374. The second-order valence-electron chi connectivity index (χ2n) is 7.59. The first-order valence-electron chi connectivity index (χ1n) is 9.14. The van der Waals surface area contributed by atoms with Crippen molar-refractivity contribution in [1.29, 1.82) is 0 Å². The summed E-state index contributed by atoms with van der Waals surface area (Å²) >= 11 is 0. The van der Waals surface area contributed by atoms with Crippen molar-refractivity contribution in [2.24, 2.45) is 0 Å². The maximum atomic E-state index is 12.7. The Bertz CT molecular complexity index is 621. The lowest BCUT2D eigenvalue weighted by Gasteiger charge is -2.31. The summed E-state index contributed by atoms with van der Waals surface area (Å²) in [5, 5.41) is 0. The van der Waals surface area contributed by atoms with E-state index in [4.69, 9.17) is 9.47 Å². The van der Waals surface area contributed by atoms with Gasteiger partial charge in [0.15, 0.2) is 0 Å². The number of nitrogens with zero attached hydrogens (tertiary/aromatic N) is 1. The Morgan fingerprint density at radius 3 is 2.54 bits per heavy atom. The molecule has 0 aromatic heterocycles. The first-order valence-corrected chi connectivity index (χ1v) is 9.14. The number of benzene rings is 1. The van der Waals surface area contributed by atoms with Gasteiger partial charge in [-0.1, -0.05) is 36.4 Å². The molecule has 1 aliphatic heterocycles. The number of amides is 1. The highest BCUT2D eigenvalue weighted by atomic mass is 16.6. The molecule has 5 nitrogen and oxygen atoms in total. The van der Waals surface area contributed by atoms with E-state index in [0.29, 0.717) is 6.42 Å². The van der Waals surface area contributed by atoms with Gasteiger partial charge in [-0.3, -0.25) is 4.90 Å². The standard InChI is InChI=1S/C21H29NO4/c1-5-6-12-17-13-14-18(22(17)20(24)26-21(2,3)4)19(23)25-15-16-10-8-7-9-11-16/h5,7-11,17-18H,1,6,12-15H2,2-4H3/t17-,18-/m0/s1. The molecule has 1 aliphatic rings. The summed E-state index contributed by atoms with van der Waals surface area (Å²) < 4.78 is 11.0. The van der Waals surface area contributed by atoms with Crippen LogP contribution in [-0.2, 0) is 20.9 Å². The highest BCUT2D eigenvalue weighted by Crippen LogP contribution is 2.30. The van der Waals surface area contributed by atoms with E-state index in [0.717, 1.165) is 24.8 Å². The van der Waals surface area contributed by atoms with Gasteiger partial charge in [-0.05, 0) is 52.0 Å². The van der Waals surface area contributed by atoms with Crippen molar-refractivity contribution in [3.8, 4) is 0 Å². The molecule has 0 radical (unpaired) electrons. The molecule has 0 bridgehead atoms. The van der Waals surface area contributed by atoms with Crippen molar-refractivity contribution >= 4 is 12.1 Å². The third-order valence-corrected chi connectivity index (χ3v) is 4.31. The molecule has 1 fully saturated rings. The van der Waals surface area contributed by atoms with Gasteiger partial charge in [-0.2, -0.15) is 0 Å². The Morgan fingerprint density at radius 2 is 1.92 bits per heavy atom.